The van der Waals surface area contributed by atoms with Crippen LogP contribution in [0, 0.1) is 23.7 Å². The van der Waals surface area contributed by atoms with E-state index in [0.717, 1.165) is 25.7 Å². The van der Waals surface area contributed by atoms with Gasteiger partial charge in [-0.3, -0.25) is 27.9 Å². The van der Waals surface area contributed by atoms with E-state index in [4.69, 9.17) is 0 Å². The normalized spacial score (nSPS) is 24.3. The zero-order valence-corrected chi connectivity index (χ0v) is 31.1. The monoisotopic (exact) mass is 696 g/mol. The Morgan fingerprint density at radius 3 is 1.28 bits per heavy atom. The summed E-state index contributed by atoms with van der Waals surface area (Å²) in [5, 5.41) is 20.2. The molecule has 0 bridgehead atoms. The highest BCUT2D eigenvalue weighted by Gasteiger charge is 2.31. The second-order valence-corrected chi connectivity index (χ2v) is 16.3. The van der Waals surface area contributed by atoms with Crippen LogP contribution in [0.15, 0.2) is 31.8 Å². The number of hydrogen-bond donors (Lipinski definition) is 2. The van der Waals surface area contributed by atoms with Crippen molar-refractivity contribution in [2.75, 3.05) is 0 Å². The highest BCUT2D eigenvalue weighted by molar-refractivity contribution is 5.70. The lowest BCUT2D eigenvalue weighted by Gasteiger charge is -2.33. The molecule has 0 aromatic carbocycles. The third-order valence-electron chi connectivity index (χ3n) is 10.6. The van der Waals surface area contributed by atoms with Gasteiger partial charge in [-0.2, -0.15) is 0 Å². The Hall–Kier alpha value is -3.78. The van der Waals surface area contributed by atoms with Crippen molar-refractivity contribution >= 4 is 22.3 Å². The van der Waals surface area contributed by atoms with Crippen LogP contribution in [-0.2, 0) is 40.3 Å². The predicted molar refractivity (Wildman–Crippen MR) is 193 cm³/mol. The van der Waals surface area contributed by atoms with Gasteiger partial charge in [0.05, 0.1) is 23.9 Å². The Morgan fingerprint density at radius 1 is 0.660 bits per heavy atom. The van der Waals surface area contributed by atoms with Crippen LogP contribution in [0.1, 0.15) is 92.9 Å². The lowest BCUT2D eigenvalue weighted by Crippen LogP contribution is -2.42. The molecule has 0 spiro atoms. The van der Waals surface area contributed by atoms with Crippen molar-refractivity contribution in [1.29, 1.82) is 0 Å². The molecule has 0 unspecified atom stereocenters. The van der Waals surface area contributed by atoms with Crippen molar-refractivity contribution in [2.45, 2.75) is 130 Å². The summed E-state index contributed by atoms with van der Waals surface area (Å²) in [5.41, 5.74) is -0.496. The lowest BCUT2D eigenvalue weighted by molar-refractivity contribution is 0.00510. The van der Waals surface area contributed by atoms with E-state index >= 15 is 0 Å². The average Bonchev–Trinajstić information content (AvgIpc) is 3.65. The number of aryl methyl sites for hydroxylation is 2. The maximum Gasteiger partial charge on any atom is 0.332 e. The number of aromatic nitrogens is 8. The first-order chi connectivity index (χ1) is 23.4. The highest BCUT2D eigenvalue weighted by atomic mass is 16.3. The molecule has 2 N–H and O–H groups in total. The molecule has 6 rings (SSSR count). The van der Waals surface area contributed by atoms with Gasteiger partial charge in [-0.1, -0.05) is 27.7 Å². The first kappa shape index (κ1) is 37.5. The Morgan fingerprint density at radius 2 is 0.980 bits per heavy atom. The van der Waals surface area contributed by atoms with E-state index in [1.807, 2.05) is 23.0 Å². The molecule has 2 aliphatic rings. The topological polar surface area (TPSA) is 164 Å². The molecule has 4 aromatic rings. The molecule has 2 fully saturated rings. The summed E-state index contributed by atoms with van der Waals surface area (Å²) in [4.78, 5) is 59.9. The van der Waals surface area contributed by atoms with Crippen molar-refractivity contribution < 1.29 is 10.2 Å². The minimum Gasteiger partial charge on any atom is -0.390 e. The summed E-state index contributed by atoms with van der Waals surface area (Å²) in [6.45, 7) is 14.2. The number of fused-ring (bicyclic) bond motifs is 2. The summed E-state index contributed by atoms with van der Waals surface area (Å²) in [7, 11) is 3.33. The van der Waals surface area contributed by atoms with Crippen molar-refractivity contribution in [3.63, 3.8) is 0 Å². The lowest BCUT2D eigenvalue weighted by atomic mass is 9.80. The van der Waals surface area contributed by atoms with E-state index < -0.39 is 11.2 Å². The minimum absolute atomic E-state index is 0.240. The summed E-state index contributed by atoms with van der Waals surface area (Å²) in [6.07, 6.45) is 9.43. The number of rotatable bonds is 8. The molecule has 0 amide bonds. The molecule has 14 heteroatoms. The van der Waals surface area contributed by atoms with E-state index in [0.29, 0.717) is 86.0 Å². The predicted octanol–water partition coefficient (Wildman–Crippen LogP) is 2.99. The maximum atomic E-state index is 13.0. The van der Waals surface area contributed by atoms with Crippen LogP contribution >= 0.6 is 0 Å². The van der Waals surface area contributed by atoms with Gasteiger partial charge in [0.1, 0.15) is 0 Å². The van der Waals surface area contributed by atoms with Crippen LogP contribution in [-0.4, -0.2) is 58.8 Å². The standard InChI is InChI=1S/2C18H28N4O3/c2*1-12(2)9-21-11-19-15-14(21)16(23)22(17(24)20(15)4)10-13-5-7-18(3,25)8-6-13/h2*11-13,25H,5-10H2,1-4H3. The smallest absolute Gasteiger partial charge is 0.332 e. The summed E-state index contributed by atoms with van der Waals surface area (Å²) < 4.78 is 9.34. The van der Waals surface area contributed by atoms with E-state index in [-0.39, 0.29) is 34.3 Å². The molecule has 0 radical (unpaired) electrons. The van der Waals surface area contributed by atoms with Crippen LogP contribution < -0.4 is 22.5 Å². The van der Waals surface area contributed by atoms with Crippen molar-refractivity contribution in [3.05, 3.63) is 54.3 Å². The summed E-state index contributed by atoms with van der Waals surface area (Å²) >= 11 is 0. The van der Waals surface area contributed by atoms with E-state index in [9.17, 15) is 29.4 Å². The van der Waals surface area contributed by atoms with Crippen LogP contribution in [0.25, 0.3) is 22.3 Å². The fourth-order valence-corrected chi connectivity index (χ4v) is 7.51. The Balaban J connectivity index is 0.000000194. The van der Waals surface area contributed by atoms with Gasteiger partial charge in [0.15, 0.2) is 22.3 Å². The third kappa shape index (κ3) is 7.91. The van der Waals surface area contributed by atoms with Gasteiger partial charge in [0.25, 0.3) is 11.1 Å². The molecule has 14 nitrogen and oxygen atoms in total. The molecule has 2 saturated carbocycles. The van der Waals surface area contributed by atoms with Gasteiger partial charge in [-0.25, -0.2) is 19.6 Å². The average molecular weight is 697 g/mol. The highest BCUT2D eigenvalue weighted by Crippen LogP contribution is 2.33. The van der Waals surface area contributed by atoms with Gasteiger partial charge in [-0.15, -0.1) is 0 Å². The number of hydrogen-bond acceptors (Lipinski definition) is 8. The largest absolute Gasteiger partial charge is 0.390 e. The van der Waals surface area contributed by atoms with Crippen LogP contribution in [0.3, 0.4) is 0 Å². The van der Waals surface area contributed by atoms with E-state index in [2.05, 4.69) is 37.7 Å². The second kappa shape index (κ2) is 14.5. The first-order valence-electron chi connectivity index (χ1n) is 18.1. The van der Waals surface area contributed by atoms with Gasteiger partial charge in [0, 0.05) is 40.3 Å². The van der Waals surface area contributed by atoms with Gasteiger partial charge >= 0.3 is 11.4 Å². The molecular weight excluding hydrogens is 640 g/mol. The minimum atomic E-state index is -0.619. The maximum absolute atomic E-state index is 13.0. The van der Waals surface area contributed by atoms with Crippen LogP contribution in [0.5, 0.6) is 0 Å². The van der Waals surface area contributed by atoms with E-state index in [1.165, 1.54) is 18.3 Å². The van der Waals surface area contributed by atoms with E-state index in [1.54, 1.807) is 26.7 Å². The Labute approximate surface area is 292 Å². The number of imidazole rings is 2. The summed E-state index contributed by atoms with van der Waals surface area (Å²) in [5.74, 6) is 1.24. The molecule has 0 saturated heterocycles. The quantitative estimate of drug-likeness (QED) is 0.284. The molecule has 4 aromatic heterocycles. The van der Waals surface area contributed by atoms with Crippen molar-refractivity contribution in [2.24, 2.45) is 37.8 Å². The molecule has 0 atom stereocenters. The fraction of sp³-hybridized carbons (Fsp3) is 0.722. The number of aliphatic hydroxyl groups is 2. The SMILES string of the molecule is CC(C)Cn1cnc2c1c(=O)n(CC1CCC(C)(O)CC1)c(=O)n2C.CC(C)Cn1cnc2c1c(=O)n(CC1CCC(C)(O)CC1)c(=O)n2C. The fourth-order valence-electron chi connectivity index (χ4n) is 7.51. The van der Waals surface area contributed by atoms with Crippen LogP contribution in [0.4, 0.5) is 0 Å². The number of nitrogens with zero attached hydrogens (tertiary/aromatic N) is 8. The Kier molecular flexibility index (Phi) is 10.8. The van der Waals surface area contributed by atoms with Crippen molar-refractivity contribution in [1.82, 2.24) is 37.4 Å². The zero-order valence-electron chi connectivity index (χ0n) is 31.1. The molecule has 0 aliphatic heterocycles. The van der Waals surface area contributed by atoms with Crippen molar-refractivity contribution in [3.8, 4) is 0 Å². The van der Waals surface area contributed by atoms with Gasteiger partial charge in [0.2, 0.25) is 0 Å². The zero-order chi connectivity index (χ0) is 36.7. The molecule has 50 heavy (non-hydrogen) atoms. The molecule has 2 aliphatic carbocycles. The first-order valence-corrected chi connectivity index (χ1v) is 18.1. The molecule has 4 heterocycles. The van der Waals surface area contributed by atoms with Crippen LogP contribution in [0.2, 0.25) is 0 Å². The second-order valence-electron chi connectivity index (χ2n) is 16.3. The van der Waals surface area contributed by atoms with Gasteiger partial charge < -0.3 is 19.3 Å². The summed E-state index contributed by atoms with van der Waals surface area (Å²) in [6, 6.07) is 0. The third-order valence-corrected chi connectivity index (χ3v) is 10.6. The molecular formula is C36H56N8O6. The Bertz CT molecular complexity index is 1900. The molecule has 276 valence electrons. The van der Waals surface area contributed by atoms with Gasteiger partial charge in [-0.05, 0) is 88.9 Å².